The molecule has 0 saturated carbocycles. The number of halogens is 3. The molecule has 0 saturated heterocycles. The van der Waals surface area contributed by atoms with Crippen molar-refractivity contribution in [3.05, 3.63) is 70.1 Å². The quantitative estimate of drug-likeness (QED) is 0.430. The lowest BCUT2D eigenvalue weighted by Crippen LogP contribution is -2.31. The molecular weight excluding hydrogens is 486 g/mol. The third-order valence-corrected chi connectivity index (χ3v) is 5.25. The van der Waals surface area contributed by atoms with Crippen LogP contribution in [-0.2, 0) is 20.1 Å². The summed E-state index contributed by atoms with van der Waals surface area (Å²) in [5.74, 6) is 0.376. The fraction of sp³-hybridized carbons (Fsp3) is 0.200. The predicted molar refractivity (Wildman–Crippen MR) is 115 cm³/mol. The van der Waals surface area contributed by atoms with E-state index in [9.17, 15) is 13.6 Å². The third kappa shape index (κ3) is 4.69. The van der Waals surface area contributed by atoms with Gasteiger partial charge >= 0.3 is 0 Å². The number of nitrogens with zero attached hydrogens (tertiary/aromatic N) is 7. The molecule has 12 heteroatoms. The first-order chi connectivity index (χ1) is 15.3. The van der Waals surface area contributed by atoms with Gasteiger partial charge in [-0.1, -0.05) is 0 Å². The second-order valence-electron chi connectivity index (χ2n) is 7.01. The zero-order chi connectivity index (χ0) is 22.8. The predicted octanol–water partition coefficient (Wildman–Crippen LogP) is 3.28. The van der Waals surface area contributed by atoms with Crippen LogP contribution < -0.4 is 5.73 Å². The summed E-state index contributed by atoms with van der Waals surface area (Å²) in [6.45, 7) is 0.169. The maximum Gasteiger partial charge on any atom is 0.265 e. The summed E-state index contributed by atoms with van der Waals surface area (Å²) in [7, 11) is 1.72. The van der Waals surface area contributed by atoms with E-state index < -0.39 is 6.43 Å². The molecule has 32 heavy (non-hydrogen) atoms. The molecule has 164 valence electrons. The van der Waals surface area contributed by atoms with Gasteiger partial charge in [0.25, 0.3) is 12.3 Å². The average molecular weight is 503 g/mol. The van der Waals surface area contributed by atoms with Gasteiger partial charge in [0.05, 0.1) is 28.8 Å². The number of anilines is 1. The molecule has 0 atom stereocenters. The van der Waals surface area contributed by atoms with Gasteiger partial charge < -0.3 is 10.6 Å². The monoisotopic (exact) mass is 502 g/mol. The minimum atomic E-state index is -2.61. The number of fused-ring (bicyclic) bond motifs is 1. The number of rotatable bonds is 6. The molecule has 0 radical (unpaired) electrons. The summed E-state index contributed by atoms with van der Waals surface area (Å²) < 4.78 is 27.8. The number of hydrogen-bond donors (Lipinski definition) is 1. The van der Waals surface area contributed by atoms with E-state index in [0.29, 0.717) is 38.4 Å². The van der Waals surface area contributed by atoms with Gasteiger partial charge in [-0.05, 0) is 40.2 Å². The van der Waals surface area contributed by atoms with Gasteiger partial charge in [-0.2, -0.15) is 5.10 Å². The highest BCUT2D eigenvalue weighted by Crippen LogP contribution is 2.23. The first kappa shape index (κ1) is 21.7. The van der Waals surface area contributed by atoms with E-state index in [2.05, 4.69) is 41.0 Å². The average Bonchev–Trinajstić information content (AvgIpc) is 3.18. The minimum absolute atomic E-state index is 0.0718. The number of carbonyl (C=O) groups is 1. The molecule has 4 rings (SSSR count). The van der Waals surface area contributed by atoms with Crippen molar-refractivity contribution in [2.24, 2.45) is 7.05 Å². The Morgan fingerprint density at radius 3 is 2.66 bits per heavy atom. The van der Waals surface area contributed by atoms with Crippen molar-refractivity contribution < 1.29 is 13.6 Å². The van der Waals surface area contributed by atoms with Gasteiger partial charge in [-0.3, -0.25) is 14.5 Å². The Morgan fingerprint density at radius 1 is 1.19 bits per heavy atom. The molecule has 0 aliphatic heterocycles. The number of hydrogen-bond acceptors (Lipinski definition) is 7. The number of aromatic nitrogens is 6. The molecule has 0 unspecified atom stereocenters. The number of pyridine rings is 3. The Bertz CT molecular complexity index is 1280. The Labute approximate surface area is 189 Å². The van der Waals surface area contributed by atoms with Crippen LogP contribution in [0, 0.1) is 0 Å². The highest BCUT2D eigenvalue weighted by Gasteiger charge is 2.21. The van der Waals surface area contributed by atoms with Crippen molar-refractivity contribution in [1.82, 2.24) is 34.6 Å². The van der Waals surface area contributed by atoms with Crippen molar-refractivity contribution in [3.63, 3.8) is 0 Å². The van der Waals surface area contributed by atoms with Crippen molar-refractivity contribution in [2.45, 2.75) is 19.5 Å². The van der Waals surface area contributed by atoms with E-state index in [1.54, 1.807) is 19.2 Å². The molecule has 2 N–H and O–H groups in total. The van der Waals surface area contributed by atoms with E-state index in [0.717, 1.165) is 6.20 Å². The lowest BCUT2D eigenvalue weighted by atomic mass is 10.1. The minimum Gasteiger partial charge on any atom is -0.383 e. The van der Waals surface area contributed by atoms with Crippen LogP contribution in [0.15, 0.2) is 47.5 Å². The molecule has 0 aliphatic carbocycles. The molecule has 0 aromatic carbocycles. The largest absolute Gasteiger partial charge is 0.383 e. The van der Waals surface area contributed by atoms with Crippen molar-refractivity contribution in [3.8, 4) is 0 Å². The molecule has 0 aliphatic rings. The summed E-state index contributed by atoms with van der Waals surface area (Å²) in [6.07, 6.45) is 1.43. The molecule has 0 bridgehead atoms. The number of nitrogen functional groups attached to an aromatic ring is 1. The van der Waals surface area contributed by atoms with E-state index in [1.807, 2.05) is 0 Å². The second-order valence-corrected chi connectivity index (χ2v) is 7.86. The van der Waals surface area contributed by atoms with Gasteiger partial charge in [0.2, 0.25) is 0 Å². The van der Waals surface area contributed by atoms with Crippen LogP contribution in [-0.4, -0.2) is 40.5 Å². The molecule has 0 fully saturated rings. The number of aryl methyl sites for hydroxylation is 1. The van der Waals surface area contributed by atoms with Gasteiger partial charge in [-0.25, -0.2) is 23.7 Å². The summed E-state index contributed by atoms with van der Waals surface area (Å²) >= 11 is 3.32. The lowest BCUT2D eigenvalue weighted by molar-refractivity contribution is 0.0722. The van der Waals surface area contributed by atoms with Crippen molar-refractivity contribution >= 4 is 38.7 Å². The molecule has 4 aromatic heterocycles. The Kier molecular flexibility index (Phi) is 6.04. The van der Waals surface area contributed by atoms with E-state index in [-0.39, 0.29) is 24.6 Å². The molecule has 4 heterocycles. The maximum atomic E-state index is 13.4. The zero-order valence-electron chi connectivity index (χ0n) is 16.8. The SMILES string of the molecule is Cn1cnc(CN(Cc2ccc(C(F)F)cn2)C(=O)c2cnc3nc(N)c(Br)cc3c2)n1. The molecule has 1 amide bonds. The number of carbonyl (C=O) groups excluding carboxylic acids is 1. The fourth-order valence-corrected chi connectivity index (χ4v) is 3.37. The van der Waals surface area contributed by atoms with Crippen LogP contribution in [0.4, 0.5) is 14.6 Å². The fourth-order valence-electron chi connectivity index (χ4n) is 3.03. The van der Waals surface area contributed by atoms with Crippen molar-refractivity contribution in [1.29, 1.82) is 0 Å². The van der Waals surface area contributed by atoms with E-state index in [1.165, 1.54) is 34.2 Å². The topological polar surface area (TPSA) is 116 Å². The first-order valence-electron chi connectivity index (χ1n) is 9.38. The summed E-state index contributed by atoms with van der Waals surface area (Å²) in [6, 6.07) is 6.15. The van der Waals surface area contributed by atoms with Crippen LogP contribution in [0.3, 0.4) is 0 Å². The maximum absolute atomic E-state index is 13.4. The van der Waals surface area contributed by atoms with Crippen molar-refractivity contribution in [2.75, 3.05) is 5.73 Å². The lowest BCUT2D eigenvalue weighted by Gasteiger charge is -2.21. The first-order valence-corrected chi connectivity index (χ1v) is 10.2. The van der Waals surface area contributed by atoms with Crippen LogP contribution in [0.2, 0.25) is 0 Å². The summed E-state index contributed by atoms with van der Waals surface area (Å²) in [5.41, 5.74) is 6.78. The summed E-state index contributed by atoms with van der Waals surface area (Å²) in [4.78, 5) is 31.5. The Hall–Kier alpha value is -3.54. The third-order valence-electron chi connectivity index (χ3n) is 4.61. The van der Waals surface area contributed by atoms with E-state index >= 15 is 0 Å². The highest BCUT2D eigenvalue weighted by atomic mass is 79.9. The van der Waals surface area contributed by atoms with Crippen LogP contribution >= 0.6 is 15.9 Å². The van der Waals surface area contributed by atoms with Gasteiger partial charge in [-0.15, -0.1) is 0 Å². The normalized spacial score (nSPS) is 11.3. The molecule has 9 nitrogen and oxygen atoms in total. The molecular formula is C20H17BrF2N8O. The molecule has 4 aromatic rings. The summed E-state index contributed by atoms with van der Waals surface area (Å²) in [5, 5.41) is 4.85. The Morgan fingerprint density at radius 2 is 2.00 bits per heavy atom. The van der Waals surface area contributed by atoms with Gasteiger partial charge in [0.15, 0.2) is 11.5 Å². The highest BCUT2D eigenvalue weighted by molar-refractivity contribution is 9.10. The van der Waals surface area contributed by atoms with Crippen LogP contribution in [0.25, 0.3) is 11.0 Å². The standard InChI is InChI=1S/C20H17BrF2N8O/c1-30-10-27-16(29-30)9-31(8-14-3-2-11(6-25-14)17(22)23)20(32)13-4-12-5-15(21)18(24)28-19(12)26-7-13/h2-7,10,17H,8-9H2,1H3,(H2,24,26,28). The van der Waals surface area contributed by atoms with E-state index in [4.69, 9.17) is 5.73 Å². The van der Waals surface area contributed by atoms with Gasteiger partial charge in [0.1, 0.15) is 12.1 Å². The Balaban J connectivity index is 1.65. The van der Waals surface area contributed by atoms with Gasteiger partial charge in [0, 0.05) is 30.4 Å². The second kappa shape index (κ2) is 8.91. The van der Waals surface area contributed by atoms with Crippen LogP contribution in [0.1, 0.15) is 33.9 Å². The molecule has 0 spiro atoms. The number of amides is 1. The number of alkyl halides is 2. The van der Waals surface area contributed by atoms with Crippen LogP contribution in [0.5, 0.6) is 0 Å². The number of nitrogens with two attached hydrogens (primary N) is 1. The smallest absolute Gasteiger partial charge is 0.265 e. The zero-order valence-corrected chi connectivity index (χ0v) is 18.4.